The number of ether oxygens (including phenoxy) is 3. The normalized spacial score (nSPS) is 12.4. The van der Waals surface area contributed by atoms with Crippen LogP contribution in [0.5, 0.6) is 0 Å². The van der Waals surface area contributed by atoms with Gasteiger partial charge in [0.05, 0.1) is 0 Å². The molecule has 0 aliphatic carbocycles. The average Bonchev–Trinajstić information content (AvgIpc) is 2.16. The summed E-state index contributed by atoms with van der Waals surface area (Å²) in [6.45, 7) is 2.71. The number of carboxylic acids is 1. The van der Waals surface area contributed by atoms with E-state index in [0.717, 1.165) is 6.08 Å². The molecule has 0 radical (unpaired) electrons. The van der Waals surface area contributed by atoms with Gasteiger partial charge in [-0.1, -0.05) is 0 Å². The van der Waals surface area contributed by atoms with E-state index in [1.54, 1.807) is 0 Å². The third-order valence-corrected chi connectivity index (χ3v) is 1.68. The number of aliphatic carboxylic acids is 1. The molecule has 0 bridgehead atoms. The summed E-state index contributed by atoms with van der Waals surface area (Å²) in [5.74, 6) is -3.55. The molecule has 86 valence electrons. The van der Waals surface area contributed by atoms with Gasteiger partial charge in [0.2, 0.25) is 0 Å². The van der Waals surface area contributed by atoms with E-state index in [9.17, 15) is 9.59 Å². The average molecular weight is 218 g/mol. The highest BCUT2D eigenvalue weighted by Crippen LogP contribution is 2.14. The molecule has 0 saturated carbocycles. The van der Waals surface area contributed by atoms with Crippen molar-refractivity contribution in [1.29, 1.82) is 0 Å². The number of hydrogen-bond donors (Lipinski definition) is 1. The van der Waals surface area contributed by atoms with Crippen molar-refractivity contribution < 1.29 is 28.9 Å². The van der Waals surface area contributed by atoms with Crippen LogP contribution in [-0.4, -0.2) is 37.2 Å². The van der Waals surface area contributed by atoms with Gasteiger partial charge < -0.3 is 19.3 Å². The number of rotatable bonds is 5. The first-order chi connectivity index (χ1) is 6.84. The molecule has 0 aromatic heterocycles. The van der Waals surface area contributed by atoms with E-state index >= 15 is 0 Å². The van der Waals surface area contributed by atoms with Crippen LogP contribution < -0.4 is 0 Å². The van der Waals surface area contributed by atoms with E-state index < -0.39 is 17.9 Å². The highest BCUT2D eigenvalue weighted by atomic mass is 16.9. The summed E-state index contributed by atoms with van der Waals surface area (Å²) >= 11 is 0. The molecule has 0 fully saturated rings. The van der Waals surface area contributed by atoms with E-state index in [1.165, 1.54) is 28.1 Å². The highest BCUT2D eigenvalue weighted by molar-refractivity contribution is 5.95. The molecule has 0 aromatic carbocycles. The Labute approximate surface area is 87.4 Å². The molecule has 1 N–H and O–H groups in total. The van der Waals surface area contributed by atoms with Gasteiger partial charge in [-0.15, -0.1) is 0 Å². The lowest BCUT2D eigenvalue weighted by atomic mass is 10.3. The molecule has 0 aromatic rings. The van der Waals surface area contributed by atoms with Crippen molar-refractivity contribution in [3.63, 3.8) is 0 Å². The zero-order valence-electron chi connectivity index (χ0n) is 9.07. The summed E-state index contributed by atoms with van der Waals surface area (Å²) in [5.41, 5.74) is -0.0529. The second-order valence-corrected chi connectivity index (χ2v) is 2.83. The summed E-state index contributed by atoms with van der Waals surface area (Å²) in [7, 11) is 2.60. The minimum absolute atomic E-state index is 0.0529. The van der Waals surface area contributed by atoms with E-state index in [1.807, 2.05) is 0 Å². The smallest absolute Gasteiger partial charge is 0.338 e. The molecule has 0 amide bonds. The lowest BCUT2D eigenvalue weighted by molar-refractivity contribution is -0.331. The molecule has 0 aliphatic heterocycles. The predicted molar refractivity (Wildman–Crippen MR) is 49.9 cm³/mol. The van der Waals surface area contributed by atoms with Gasteiger partial charge in [-0.05, 0) is 6.92 Å². The Balaban J connectivity index is 4.55. The molecular formula is C9H14O6. The Morgan fingerprint density at radius 2 is 1.73 bits per heavy atom. The molecule has 15 heavy (non-hydrogen) atoms. The highest BCUT2D eigenvalue weighted by Gasteiger charge is 2.28. The molecule has 6 heteroatoms. The Morgan fingerprint density at radius 3 is 2.07 bits per heavy atom. The van der Waals surface area contributed by atoms with Crippen LogP contribution in [-0.2, 0) is 23.8 Å². The van der Waals surface area contributed by atoms with E-state index in [-0.39, 0.29) is 5.57 Å². The summed E-state index contributed by atoms with van der Waals surface area (Å²) in [6.07, 6.45) is 0.744. The third-order valence-electron chi connectivity index (χ3n) is 1.68. The van der Waals surface area contributed by atoms with Crippen LogP contribution in [0.4, 0.5) is 0 Å². The van der Waals surface area contributed by atoms with Gasteiger partial charge in [0, 0.05) is 32.8 Å². The van der Waals surface area contributed by atoms with Gasteiger partial charge in [-0.25, -0.2) is 9.59 Å². The van der Waals surface area contributed by atoms with Crippen molar-refractivity contribution in [1.82, 2.24) is 0 Å². The number of methoxy groups -OCH3 is 2. The van der Waals surface area contributed by atoms with Crippen LogP contribution in [0.15, 0.2) is 11.6 Å². The van der Waals surface area contributed by atoms with Crippen LogP contribution in [0.3, 0.4) is 0 Å². The number of hydrogen-bond acceptors (Lipinski definition) is 5. The van der Waals surface area contributed by atoms with Gasteiger partial charge in [-0.2, -0.15) is 0 Å². The Kier molecular flexibility index (Phi) is 4.96. The summed E-state index contributed by atoms with van der Waals surface area (Å²) in [4.78, 5) is 21.6. The van der Waals surface area contributed by atoms with Crippen molar-refractivity contribution in [3.8, 4) is 0 Å². The minimum Gasteiger partial charge on any atom is -0.478 e. The quantitative estimate of drug-likeness (QED) is 0.411. The van der Waals surface area contributed by atoms with Gasteiger partial charge in [0.25, 0.3) is 0 Å². The molecule has 0 heterocycles. The molecule has 0 unspecified atom stereocenters. The first-order valence-electron chi connectivity index (χ1n) is 4.09. The topological polar surface area (TPSA) is 82.1 Å². The SMILES string of the molecule is COC(C)(OC)OC(=O)C(C)=CC(=O)O. The number of carbonyl (C=O) groups is 2. The fourth-order valence-electron chi connectivity index (χ4n) is 0.660. The maximum atomic E-state index is 11.3. The van der Waals surface area contributed by atoms with Gasteiger partial charge in [0.15, 0.2) is 0 Å². The monoisotopic (exact) mass is 218 g/mol. The number of carbonyl (C=O) groups excluding carboxylic acids is 1. The minimum atomic E-state index is -1.51. The van der Waals surface area contributed by atoms with Crippen molar-refractivity contribution in [2.24, 2.45) is 0 Å². The second kappa shape index (κ2) is 5.47. The van der Waals surface area contributed by atoms with Crippen molar-refractivity contribution in [2.75, 3.05) is 14.2 Å². The van der Waals surface area contributed by atoms with Crippen LogP contribution in [0.25, 0.3) is 0 Å². The molecular weight excluding hydrogens is 204 g/mol. The van der Waals surface area contributed by atoms with Crippen LogP contribution in [0, 0.1) is 0 Å². The fourth-order valence-corrected chi connectivity index (χ4v) is 0.660. The summed E-state index contributed by atoms with van der Waals surface area (Å²) < 4.78 is 14.3. The molecule has 0 rings (SSSR count). The molecule has 0 saturated heterocycles. The lowest BCUT2D eigenvalue weighted by Gasteiger charge is -2.25. The number of esters is 1. The largest absolute Gasteiger partial charge is 0.478 e. The Hall–Kier alpha value is -1.40. The first-order valence-corrected chi connectivity index (χ1v) is 4.09. The Morgan fingerprint density at radius 1 is 1.27 bits per heavy atom. The van der Waals surface area contributed by atoms with Crippen LogP contribution in [0.2, 0.25) is 0 Å². The maximum Gasteiger partial charge on any atom is 0.338 e. The fraction of sp³-hybridized carbons (Fsp3) is 0.556. The summed E-state index contributed by atoms with van der Waals surface area (Å²) in [6, 6.07) is 0. The molecule has 6 nitrogen and oxygen atoms in total. The van der Waals surface area contributed by atoms with Gasteiger partial charge >= 0.3 is 17.9 Å². The van der Waals surface area contributed by atoms with Crippen LogP contribution in [0.1, 0.15) is 13.8 Å². The van der Waals surface area contributed by atoms with Crippen molar-refractivity contribution >= 4 is 11.9 Å². The third kappa shape index (κ3) is 4.57. The van der Waals surface area contributed by atoms with Crippen molar-refractivity contribution in [2.45, 2.75) is 19.8 Å². The zero-order chi connectivity index (χ0) is 12.1. The predicted octanol–water partition coefficient (Wildman–Crippen LogP) is 0.527. The zero-order valence-corrected chi connectivity index (χ0v) is 9.07. The van der Waals surface area contributed by atoms with E-state index in [4.69, 9.17) is 19.3 Å². The van der Waals surface area contributed by atoms with E-state index in [2.05, 4.69) is 0 Å². The molecule has 0 atom stereocenters. The summed E-state index contributed by atoms with van der Waals surface area (Å²) in [5, 5.41) is 8.40. The molecule has 0 aliphatic rings. The Bertz CT molecular complexity index is 276. The standard InChI is InChI=1S/C9H14O6/c1-6(5-7(10)11)8(12)15-9(2,13-3)14-4/h5H,1-4H3,(H,10,11). The van der Waals surface area contributed by atoms with Crippen molar-refractivity contribution in [3.05, 3.63) is 11.6 Å². The maximum absolute atomic E-state index is 11.3. The second-order valence-electron chi connectivity index (χ2n) is 2.83. The lowest BCUT2D eigenvalue weighted by Crippen LogP contribution is -2.36. The van der Waals surface area contributed by atoms with Crippen LogP contribution >= 0.6 is 0 Å². The van der Waals surface area contributed by atoms with Gasteiger partial charge in [0.1, 0.15) is 0 Å². The first kappa shape index (κ1) is 13.6. The van der Waals surface area contributed by atoms with Gasteiger partial charge in [-0.3, -0.25) is 0 Å². The van der Waals surface area contributed by atoms with E-state index in [0.29, 0.717) is 0 Å². The number of carboxylic acid groups (broad SMARTS) is 1. The molecule has 0 spiro atoms.